The minimum atomic E-state index is -0.252. The van der Waals surface area contributed by atoms with E-state index in [-0.39, 0.29) is 11.9 Å². The number of nitrogens with one attached hydrogen (secondary N) is 4. The quantitative estimate of drug-likeness (QED) is 0.422. The fourth-order valence-corrected chi connectivity index (χ4v) is 4.67. The molecule has 2 unspecified atom stereocenters. The molecule has 0 spiro atoms. The van der Waals surface area contributed by atoms with E-state index in [0.29, 0.717) is 41.2 Å². The fraction of sp³-hybridized carbons (Fsp3) is 0.625. The standard InChI is InChI=1S/C24H36FN7/c1-3-20(21-11-8-14-26-21)29-24-31-22(27-17-9-6-4-5-7-10-17)30-23(32-24)28-18-13-12-16(2)19(25)15-18/h12-13,15,17,20-21,26H,3-11,14H2,1-2H3,(H3,27,28,29,30,31,32). The van der Waals surface area contributed by atoms with Gasteiger partial charge in [-0.1, -0.05) is 38.7 Å². The molecule has 0 bridgehead atoms. The lowest BCUT2D eigenvalue weighted by molar-refractivity contribution is 0.496. The normalized spacial score (nSPS) is 20.5. The highest BCUT2D eigenvalue weighted by molar-refractivity contribution is 5.56. The summed E-state index contributed by atoms with van der Waals surface area (Å²) in [7, 11) is 0. The van der Waals surface area contributed by atoms with Gasteiger partial charge in [-0.3, -0.25) is 0 Å². The molecule has 7 nitrogen and oxygen atoms in total. The highest BCUT2D eigenvalue weighted by Crippen LogP contribution is 2.23. The van der Waals surface area contributed by atoms with E-state index in [1.54, 1.807) is 13.0 Å². The Labute approximate surface area is 190 Å². The van der Waals surface area contributed by atoms with Gasteiger partial charge in [-0.15, -0.1) is 0 Å². The van der Waals surface area contributed by atoms with Gasteiger partial charge < -0.3 is 21.3 Å². The Hall–Kier alpha value is -2.48. The van der Waals surface area contributed by atoms with Crippen molar-refractivity contribution < 1.29 is 4.39 Å². The molecule has 8 heteroatoms. The van der Waals surface area contributed by atoms with Crippen molar-refractivity contribution in [2.24, 2.45) is 0 Å². The second-order valence-electron chi connectivity index (χ2n) is 9.09. The monoisotopic (exact) mass is 441 g/mol. The maximum Gasteiger partial charge on any atom is 0.233 e. The van der Waals surface area contributed by atoms with Gasteiger partial charge in [0.05, 0.1) is 0 Å². The molecule has 4 rings (SSSR count). The SMILES string of the molecule is CCC(Nc1nc(Nc2ccc(C)c(F)c2)nc(NC2CCCCCC2)n1)C1CCCN1. The van der Waals surface area contributed by atoms with Crippen molar-refractivity contribution in [3.63, 3.8) is 0 Å². The first-order valence-electron chi connectivity index (χ1n) is 12.2. The molecule has 1 aliphatic carbocycles. The third kappa shape index (κ3) is 6.06. The number of hydrogen-bond acceptors (Lipinski definition) is 7. The molecule has 32 heavy (non-hydrogen) atoms. The summed E-state index contributed by atoms with van der Waals surface area (Å²) in [5.74, 6) is 1.28. The Morgan fingerprint density at radius 3 is 2.44 bits per heavy atom. The second kappa shape index (κ2) is 10.9. The van der Waals surface area contributed by atoms with Crippen LogP contribution in [0.25, 0.3) is 0 Å². The summed E-state index contributed by atoms with van der Waals surface area (Å²) < 4.78 is 14.1. The van der Waals surface area contributed by atoms with Crippen LogP contribution in [-0.4, -0.2) is 39.6 Å². The first-order valence-corrected chi connectivity index (χ1v) is 12.2. The fourth-order valence-electron chi connectivity index (χ4n) is 4.67. The lowest BCUT2D eigenvalue weighted by Crippen LogP contribution is -2.40. The Balaban J connectivity index is 1.56. The van der Waals surface area contributed by atoms with E-state index in [4.69, 9.17) is 4.98 Å². The summed E-state index contributed by atoms with van der Waals surface area (Å²) in [6.45, 7) is 4.99. The molecule has 0 amide bonds. The van der Waals surface area contributed by atoms with Crippen molar-refractivity contribution in [2.45, 2.75) is 89.8 Å². The van der Waals surface area contributed by atoms with Gasteiger partial charge >= 0.3 is 0 Å². The number of hydrogen-bond donors (Lipinski definition) is 4. The second-order valence-corrected chi connectivity index (χ2v) is 9.09. The van der Waals surface area contributed by atoms with Crippen LogP contribution in [0.3, 0.4) is 0 Å². The van der Waals surface area contributed by atoms with Gasteiger partial charge in [0, 0.05) is 23.8 Å². The smallest absolute Gasteiger partial charge is 0.233 e. The van der Waals surface area contributed by atoms with Crippen LogP contribution >= 0.6 is 0 Å². The number of rotatable bonds is 8. The van der Waals surface area contributed by atoms with Gasteiger partial charge in [0.15, 0.2) is 0 Å². The van der Waals surface area contributed by atoms with Gasteiger partial charge in [0.2, 0.25) is 17.8 Å². The molecule has 2 aliphatic rings. The predicted molar refractivity (Wildman–Crippen MR) is 128 cm³/mol. The van der Waals surface area contributed by atoms with Crippen LogP contribution in [0.15, 0.2) is 18.2 Å². The zero-order valence-electron chi connectivity index (χ0n) is 19.3. The summed E-state index contributed by atoms with van der Waals surface area (Å²) in [5.41, 5.74) is 1.23. The molecule has 1 aliphatic heterocycles. The topological polar surface area (TPSA) is 86.8 Å². The van der Waals surface area contributed by atoms with Gasteiger partial charge in [0.25, 0.3) is 0 Å². The zero-order chi connectivity index (χ0) is 22.3. The van der Waals surface area contributed by atoms with E-state index in [1.165, 1.54) is 38.2 Å². The van der Waals surface area contributed by atoms with E-state index in [1.807, 2.05) is 6.07 Å². The van der Waals surface area contributed by atoms with Crippen molar-refractivity contribution >= 4 is 23.5 Å². The minimum absolute atomic E-state index is 0.246. The molecule has 2 aromatic rings. The molecule has 0 radical (unpaired) electrons. The maximum atomic E-state index is 14.1. The Morgan fingerprint density at radius 2 is 1.75 bits per heavy atom. The molecular formula is C24H36FN7. The van der Waals surface area contributed by atoms with Crippen LogP contribution in [0.1, 0.15) is 70.3 Å². The summed E-state index contributed by atoms with van der Waals surface area (Å²) in [5, 5.41) is 13.8. The van der Waals surface area contributed by atoms with Crippen LogP contribution in [0.4, 0.5) is 27.9 Å². The molecule has 2 atom stereocenters. The summed E-state index contributed by atoms with van der Waals surface area (Å²) >= 11 is 0. The van der Waals surface area contributed by atoms with Crippen LogP contribution in [0.2, 0.25) is 0 Å². The van der Waals surface area contributed by atoms with Crippen LogP contribution in [0.5, 0.6) is 0 Å². The van der Waals surface area contributed by atoms with Gasteiger partial charge in [0.1, 0.15) is 5.82 Å². The summed E-state index contributed by atoms with van der Waals surface area (Å²) in [6.07, 6.45) is 10.6. The highest BCUT2D eigenvalue weighted by atomic mass is 19.1. The van der Waals surface area contributed by atoms with E-state index in [0.717, 1.165) is 32.2 Å². The van der Waals surface area contributed by atoms with Crippen molar-refractivity contribution in [3.8, 4) is 0 Å². The van der Waals surface area contributed by atoms with Crippen molar-refractivity contribution in [2.75, 3.05) is 22.5 Å². The third-order valence-electron chi connectivity index (χ3n) is 6.59. The van der Waals surface area contributed by atoms with E-state index in [9.17, 15) is 4.39 Å². The first kappa shape index (κ1) is 22.7. The summed E-state index contributed by atoms with van der Waals surface area (Å²) in [4.78, 5) is 13.9. The summed E-state index contributed by atoms with van der Waals surface area (Å²) in [6, 6.07) is 6.10. The first-order chi connectivity index (χ1) is 15.6. The lowest BCUT2D eigenvalue weighted by atomic mass is 10.0. The van der Waals surface area contributed by atoms with Crippen molar-refractivity contribution in [3.05, 3.63) is 29.6 Å². The van der Waals surface area contributed by atoms with E-state index in [2.05, 4.69) is 38.2 Å². The van der Waals surface area contributed by atoms with Crippen LogP contribution < -0.4 is 21.3 Å². The molecule has 2 heterocycles. The van der Waals surface area contributed by atoms with Gasteiger partial charge in [-0.2, -0.15) is 15.0 Å². The highest BCUT2D eigenvalue weighted by Gasteiger charge is 2.24. The van der Waals surface area contributed by atoms with E-state index >= 15 is 0 Å². The number of nitrogens with zero attached hydrogens (tertiary/aromatic N) is 3. The molecule has 1 aromatic heterocycles. The predicted octanol–water partition coefficient (Wildman–Crippen LogP) is 5.14. The van der Waals surface area contributed by atoms with Crippen molar-refractivity contribution in [1.29, 1.82) is 0 Å². The van der Waals surface area contributed by atoms with Crippen LogP contribution in [-0.2, 0) is 0 Å². The molecule has 1 saturated heterocycles. The number of anilines is 4. The Bertz CT molecular complexity index is 877. The van der Waals surface area contributed by atoms with Gasteiger partial charge in [-0.05, 0) is 63.3 Å². The number of aryl methyl sites for hydroxylation is 1. The van der Waals surface area contributed by atoms with Crippen LogP contribution in [0, 0.1) is 12.7 Å². The number of aromatic nitrogens is 3. The average Bonchev–Trinajstić information content (AvgIpc) is 3.19. The Kier molecular flexibility index (Phi) is 7.73. The molecule has 2 fully saturated rings. The molecule has 4 N–H and O–H groups in total. The minimum Gasteiger partial charge on any atom is -0.351 e. The van der Waals surface area contributed by atoms with E-state index < -0.39 is 0 Å². The molecular weight excluding hydrogens is 405 g/mol. The zero-order valence-corrected chi connectivity index (χ0v) is 19.3. The molecule has 1 saturated carbocycles. The van der Waals surface area contributed by atoms with Crippen molar-refractivity contribution in [1.82, 2.24) is 20.3 Å². The number of halogens is 1. The largest absolute Gasteiger partial charge is 0.351 e. The molecule has 1 aromatic carbocycles. The Morgan fingerprint density at radius 1 is 1.00 bits per heavy atom. The molecule has 174 valence electrons. The van der Waals surface area contributed by atoms with Gasteiger partial charge in [-0.25, -0.2) is 4.39 Å². The third-order valence-corrected chi connectivity index (χ3v) is 6.59. The average molecular weight is 442 g/mol. The maximum absolute atomic E-state index is 14.1. The number of benzene rings is 1. The lowest BCUT2D eigenvalue weighted by Gasteiger charge is -2.24.